The molecule has 0 unspecified atom stereocenters. The van der Waals surface area contributed by atoms with Crippen LogP contribution in [0.25, 0.3) is 0 Å². The van der Waals surface area contributed by atoms with E-state index in [1.54, 1.807) is 6.92 Å². The van der Waals surface area contributed by atoms with Gasteiger partial charge in [-0.15, -0.1) is 11.3 Å². The maximum atomic E-state index is 11.1. The third kappa shape index (κ3) is 2.57. The van der Waals surface area contributed by atoms with Gasteiger partial charge in [0, 0.05) is 16.8 Å². The minimum atomic E-state index is -2.91. The van der Waals surface area contributed by atoms with E-state index in [-0.39, 0.29) is 11.5 Å². The van der Waals surface area contributed by atoms with E-state index in [1.807, 2.05) is 12.3 Å². The van der Waals surface area contributed by atoms with Gasteiger partial charge in [0.1, 0.15) is 10.8 Å². The summed E-state index contributed by atoms with van der Waals surface area (Å²) >= 11 is 1.40. The van der Waals surface area contributed by atoms with Gasteiger partial charge in [-0.3, -0.25) is 0 Å². The van der Waals surface area contributed by atoms with E-state index in [4.69, 9.17) is 0 Å². The first-order valence-electron chi connectivity index (χ1n) is 3.65. The number of thiazole rings is 1. The Hall–Kier alpha value is -0.420. The molecule has 68 valence electrons. The van der Waals surface area contributed by atoms with Crippen LogP contribution in [0.3, 0.4) is 0 Å². The highest BCUT2D eigenvalue weighted by atomic mass is 32.2. The molecule has 0 bridgehead atoms. The van der Waals surface area contributed by atoms with Crippen molar-refractivity contribution < 1.29 is 8.42 Å². The van der Waals surface area contributed by atoms with Crippen LogP contribution in [0.5, 0.6) is 0 Å². The summed E-state index contributed by atoms with van der Waals surface area (Å²) in [5.74, 6) is 0.271. The Morgan fingerprint density at radius 2 is 2.25 bits per heavy atom. The van der Waals surface area contributed by atoms with E-state index in [2.05, 4.69) is 4.98 Å². The molecule has 1 aromatic heterocycles. The predicted molar refractivity (Wildman–Crippen MR) is 50.0 cm³/mol. The fourth-order valence-electron chi connectivity index (χ4n) is 0.759. The molecule has 0 aliphatic carbocycles. The Kier molecular flexibility index (Phi) is 2.85. The van der Waals surface area contributed by atoms with Crippen molar-refractivity contribution in [3.8, 4) is 0 Å². The van der Waals surface area contributed by atoms with Gasteiger partial charge in [0.15, 0.2) is 9.84 Å². The Balaban J connectivity index is 2.77. The standard InChI is InChI=1S/C7H11NO2S2/c1-3-12(9,10)5-7-8-6(2)4-11-7/h4H,3,5H2,1-2H3. The summed E-state index contributed by atoms with van der Waals surface area (Å²) in [6, 6.07) is 0. The molecule has 12 heavy (non-hydrogen) atoms. The number of hydrogen-bond acceptors (Lipinski definition) is 4. The lowest BCUT2D eigenvalue weighted by molar-refractivity contribution is 0.596. The van der Waals surface area contributed by atoms with Crippen LogP contribution in [0.2, 0.25) is 0 Å². The van der Waals surface area contributed by atoms with Crippen molar-refractivity contribution in [2.24, 2.45) is 0 Å². The zero-order valence-electron chi connectivity index (χ0n) is 7.07. The normalized spacial score (nSPS) is 11.8. The molecule has 0 atom stereocenters. The van der Waals surface area contributed by atoms with Crippen LogP contribution in [-0.4, -0.2) is 19.2 Å². The van der Waals surface area contributed by atoms with E-state index in [9.17, 15) is 8.42 Å². The number of aromatic nitrogens is 1. The van der Waals surface area contributed by atoms with Gasteiger partial charge in [-0.2, -0.15) is 0 Å². The van der Waals surface area contributed by atoms with Crippen LogP contribution < -0.4 is 0 Å². The van der Waals surface area contributed by atoms with Crippen LogP contribution in [0.4, 0.5) is 0 Å². The quantitative estimate of drug-likeness (QED) is 0.749. The molecule has 0 radical (unpaired) electrons. The van der Waals surface area contributed by atoms with E-state index in [0.29, 0.717) is 5.01 Å². The Morgan fingerprint density at radius 1 is 1.58 bits per heavy atom. The first kappa shape index (κ1) is 9.67. The minimum Gasteiger partial charge on any atom is -0.245 e. The highest BCUT2D eigenvalue weighted by Gasteiger charge is 2.10. The summed E-state index contributed by atoms with van der Waals surface area (Å²) in [7, 11) is -2.91. The van der Waals surface area contributed by atoms with Gasteiger partial charge in [-0.05, 0) is 6.92 Å². The van der Waals surface area contributed by atoms with Crippen LogP contribution in [0.15, 0.2) is 5.38 Å². The molecule has 0 fully saturated rings. The maximum Gasteiger partial charge on any atom is 0.156 e. The molecule has 0 saturated heterocycles. The molecule has 3 nitrogen and oxygen atoms in total. The smallest absolute Gasteiger partial charge is 0.156 e. The number of rotatable bonds is 3. The molecule has 0 spiro atoms. The summed E-state index contributed by atoms with van der Waals surface area (Å²) in [5, 5.41) is 2.55. The summed E-state index contributed by atoms with van der Waals surface area (Å²) in [6.45, 7) is 3.51. The zero-order chi connectivity index (χ0) is 9.19. The number of nitrogens with zero attached hydrogens (tertiary/aromatic N) is 1. The summed E-state index contributed by atoms with van der Waals surface area (Å²) in [5.41, 5.74) is 0.890. The second-order valence-corrected chi connectivity index (χ2v) is 5.86. The fourth-order valence-corrected chi connectivity index (χ4v) is 2.77. The predicted octanol–water partition coefficient (Wildman–Crippen LogP) is 1.39. The monoisotopic (exact) mass is 205 g/mol. The van der Waals surface area contributed by atoms with Crippen molar-refractivity contribution in [2.75, 3.05) is 5.75 Å². The van der Waals surface area contributed by atoms with Crippen LogP contribution in [-0.2, 0) is 15.6 Å². The Morgan fingerprint density at radius 3 is 2.67 bits per heavy atom. The van der Waals surface area contributed by atoms with Gasteiger partial charge >= 0.3 is 0 Å². The van der Waals surface area contributed by atoms with Crippen molar-refractivity contribution >= 4 is 21.2 Å². The van der Waals surface area contributed by atoms with Gasteiger partial charge in [0.05, 0.1) is 0 Å². The summed E-state index contributed by atoms with van der Waals surface area (Å²) in [4.78, 5) is 4.08. The molecule has 0 amide bonds. The molecule has 5 heteroatoms. The molecular formula is C7H11NO2S2. The highest BCUT2D eigenvalue weighted by molar-refractivity contribution is 7.90. The number of hydrogen-bond donors (Lipinski definition) is 0. The third-order valence-corrected chi connectivity index (χ3v) is 4.19. The molecule has 0 aliphatic heterocycles. The van der Waals surface area contributed by atoms with E-state index < -0.39 is 9.84 Å². The Bertz CT molecular complexity index is 353. The summed E-state index contributed by atoms with van der Waals surface area (Å²) in [6.07, 6.45) is 0. The molecular weight excluding hydrogens is 194 g/mol. The first-order valence-corrected chi connectivity index (χ1v) is 6.35. The lowest BCUT2D eigenvalue weighted by Gasteiger charge is -1.95. The van der Waals surface area contributed by atoms with Crippen molar-refractivity contribution in [3.05, 3.63) is 16.1 Å². The van der Waals surface area contributed by atoms with E-state index in [1.165, 1.54) is 11.3 Å². The second kappa shape index (κ2) is 3.53. The maximum absolute atomic E-state index is 11.1. The van der Waals surface area contributed by atoms with Gasteiger partial charge < -0.3 is 0 Å². The first-order chi connectivity index (χ1) is 5.53. The van der Waals surface area contributed by atoms with Crippen molar-refractivity contribution in [1.82, 2.24) is 4.98 Å². The molecule has 1 heterocycles. The van der Waals surface area contributed by atoms with Crippen LogP contribution in [0, 0.1) is 6.92 Å². The molecule has 1 aromatic rings. The largest absolute Gasteiger partial charge is 0.245 e. The van der Waals surface area contributed by atoms with Crippen molar-refractivity contribution in [3.63, 3.8) is 0 Å². The number of aryl methyl sites for hydroxylation is 1. The van der Waals surface area contributed by atoms with Crippen LogP contribution >= 0.6 is 11.3 Å². The van der Waals surface area contributed by atoms with Gasteiger partial charge in [0.2, 0.25) is 0 Å². The average molecular weight is 205 g/mol. The number of sulfone groups is 1. The third-order valence-electron chi connectivity index (χ3n) is 1.45. The van der Waals surface area contributed by atoms with E-state index in [0.717, 1.165) is 5.69 Å². The van der Waals surface area contributed by atoms with E-state index >= 15 is 0 Å². The fraction of sp³-hybridized carbons (Fsp3) is 0.571. The molecule has 0 aromatic carbocycles. The van der Waals surface area contributed by atoms with Gasteiger partial charge in [0.25, 0.3) is 0 Å². The SMILES string of the molecule is CCS(=O)(=O)Cc1nc(C)cs1. The van der Waals surface area contributed by atoms with Crippen LogP contribution in [0.1, 0.15) is 17.6 Å². The molecule has 0 saturated carbocycles. The minimum absolute atomic E-state index is 0.0853. The Labute approximate surface area is 76.4 Å². The highest BCUT2D eigenvalue weighted by Crippen LogP contribution is 2.12. The second-order valence-electron chi connectivity index (χ2n) is 2.56. The van der Waals surface area contributed by atoms with Gasteiger partial charge in [-0.25, -0.2) is 13.4 Å². The zero-order valence-corrected chi connectivity index (χ0v) is 8.70. The molecule has 0 N–H and O–H groups in total. The van der Waals surface area contributed by atoms with Crippen molar-refractivity contribution in [2.45, 2.75) is 19.6 Å². The lowest BCUT2D eigenvalue weighted by Crippen LogP contribution is -2.06. The average Bonchev–Trinajstić information content (AvgIpc) is 2.35. The summed E-state index contributed by atoms with van der Waals surface area (Å²) < 4.78 is 22.3. The molecule has 0 aliphatic rings. The van der Waals surface area contributed by atoms with Crippen molar-refractivity contribution in [1.29, 1.82) is 0 Å². The lowest BCUT2D eigenvalue weighted by atomic mass is 10.6. The molecule has 1 rings (SSSR count). The van der Waals surface area contributed by atoms with Gasteiger partial charge in [-0.1, -0.05) is 6.92 Å². The topological polar surface area (TPSA) is 47.0 Å².